The van der Waals surface area contributed by atoms with Crippen molar-refractivity contribution in [2.45, 2.75) is 45.1 Å². The first kappa shape index (κ1) is 19.1. The second-order valence-corrected chi connectivity index (χ2v) is 8.23. The van der Waals surface area contributed by atoms with Gasteiger partial charge in [-0.2, -0.15) is 5.26 Å². The van der Waals surface area contributed by atoms with Gasteiger partial charge in [-0.05, 0) is 45.0 Å². The zero-order chi connectivity index (χ0) is 19.7. The minimum atomic E-state index is 0.164. The lowest BCUT2D eigenvalue weighted by Crippen LogP contribution is -2.58. The summed E-state index contributed by atoms with van der Waals surface area (Å²) in [4.78, 5) is 9.41. The first-order chi connectivity index (χ1) is 13.5. The van der Waals surface area contributed by atoms with Gasteiger partial charge < -0.3 is 15.0 Å². The second-order valence-electron chi connectivity index (χ2n) is 8.23. The van der Waals surface area contributed by atoms with Gasteiger partial charge in [0, 0.05) is 62.1 Å². The van der Waals surface area contributed by atoms with Crippen molar-refractivity contribution in [2.75, 3.05) is 37.6 Å². The minimum absolute atomic E-state index is 0.164. The molecule has 1 N–H and O–H groups in total. The van der Waals surface area contributed by atoms with Crippen LogP contribution in [0.3, 0.4) is 0 Å². The molecule has 4 atom stereocenters. The number of nitriles is 1. The number of nitrogens with one attached hydrogen (secondary N) is 1. The quantitative estimate of drug-likeness (QED) is 0.883. The molecule has 6 heteroatoms. The van der Waals surface area contributed by atoms with E-state index in [4.69, 9.17) is 4.74 Å². The molecule has 2 aliphatic heterocycles. The predicted molar refractivity (Wildman–Crippen MR) is 112 cm³/mol. The minimum Gasteiger partial charge on any atom is -0.370 e. The molecule has 2 aromatic rings. The maximum atomic E-state index is 9.42. The average molecular weight is 380 g/mol. The Hall–Kier alpha value is -2.20. The molecule has 4 rings (SSSR count). The van der Waals surface area contributed by atoms with Gasteiger partial charge in [-0.3, -0.25) is 9.88 Å². The molecule has 148 valence electrons. The van der Waals surface area contributed by atoms with Crippen LogP contribution in [-0.2, 0) is 4.74 Å². The molecule has 0 amide bonds. The first-order valence-corrected chi connectivity index (χ1v) is 10.2. The maximum Gasteiger partial charge on any atom is 0.101 e. The van der Waals surface area contributed by atoms with Crippen LogP contribution in [0.25, 0.3) is 10.9 Å². The van der Waals surface area contributed by atoms with E-state index in [1.807, 2.05) is 12.1 Å². The Labute approximate surface area is 167 Å². The first-order valence-electron chi connectivity index (χ1n) is 10.2. The molecular formula is C22H29N5O. The van der Waals surface area contributed by atoms with E-state index >= 15 is 0 Å². The molecule has 0 saturated carbocycles. The summed E-state index contributed by atoms with van der Waals surface area (Å²) in [5.41, 5.74) is 2.55. The molecule has 1 aromatic carbocycles. The molecule has 0 spiro atoms. The van der Waals surface area contributed by atoms with E-state index in [2.05, 4.69) is 59.1 Å². The Bertz CT molecular complexity index is 879. The largest absolute Gasteiger partial charge is 0.370 e. The number of morpholine rings is 1. The highest BCUT2D eigenvalue weighted by atomic mass is 16.5. The van der Waals surface area contributed by atoms with Crippen LogP contribution >= 0.6 is 0 Å². The second kappa shape index (κ2) is 8.04. The van der Waals surface area contributed by atoms with Crippen LogP contribution in [0, 0.1) is 11.3 Å². The highest BCUT2D eigenvalue weighted by molar-refractivity contribution is 5.95. The molecule has 0 bridgehead atoms. The predicted octanol–water partition coefficient (Wildman–Crippen LogP) is 2.38. The highest BCUT2D eigenvalue weighted by Crippen LogP contribution is 2.30. The Morgan fingerprint density at radius 3 is 2.89 bits per heavy atom. The summed E-state index contributed by atoms with van der Waals surface area (Å²) in [5.74, 6) is 0. The van der Waals surface area contributed by atoms with Gasteiger partial charge in [0.25, 0.3) is 0 Å². The van der Waals surface area contributed by atoms with Crippen LogP contribution < -0.4 is 10.2 Å². The number of piperazine rings is 1. The van der Waals surface area contributed by atoms with Crippen molar-refractivity contribution in [1.82, 2.24) is 15.2 Å². The van der Waals surface area contributed by atoms with Crippen molar-refractivity contribution in [1.29, 1.82) is 5.26 Å². The number of nitrogens with zero attached hydrogens (tertiary/aromatic N) is 4. The molecular weight excluding hydrogens is 350 g/mol. The van der Waals surface area contributed by atoms with Crippen LogP contribution in [0.15, 0.2) is 30.5 Å². The summed E-state index contributed by atoms with van der Waals surface area (Å²) in [5, 5.41) is 14.0. The van der Waals surface area contributed by atoms with Gasteiger partial charge in [0.1, 0.15) is 6.07 Å². The fourth-order valence-electron chi connectivity index (χ4n) is 4.48. The fraction of sp³-hybridized carbons (Fsp3) is 0.545. The van der Waals surface area contributed by atoms with Gasteiger partial charge in [-0.1, -0.05) is 0 Å². The lowest BCUT2D eigenvalue weighted by Gasteiger charge is -2.43. The number of hydrogen-bond acceptors (Lipinski definition) is 6. The van der Waals surface area contributed by atoms with Gasteiger partial charge in [0.15, 0.2) is 0 Å². The van der Waals surface area contributed by atoms with E-state index in [0.717, 1.165) is 49.3 Å². The van der Waals surface area contributed by atoms with Gasteiger partial charge in [-0.15, -0.1) is 0 Å². The van der Waals surface area contributed by atoms with Crippen LogP contribution in [-0.4, -0.2) is 66.9 Å². The fourth-order valence-corrected chi connectivity index (χ4v) is 4.48. The van der Waals surface area contributed by atoms with Crippen molar-refractivity contribution in [3.63, 3.8) is 0 Å². The smallest absolute Gasteiger partial charge is 0.101 e. The van der Waals surface area contributed by atoms with Crippen molar-refractivity contribution in [2.24, 2.45) is 0 Å². The van der Waals surface area contributed by atoms with E-state index in [1.165, 1.54) is 0 Å². The van der Waals surface area contributed by atoms with Gasteiger partial charge in [-0.25, -0.2) is 0 Å². The van der Waals surface area contributed by atoms with Crippen LogP contribution in [0.5, 0.6) is 0 Å². The Morgan fingerprint density at radius 2 is 2.07 bits per heavy atom. The number of fused-ring (bicyclic) bond motifs is 1. The molecule has 1 aromatic heterocycles. The molecule has 28 heavy (non-hydrogen) atoms. The SMILES string of the molecule is CC1CN(C[C@@H]2CN(c3ccc(C#N)c4ncccc34)C[C@@H](C)O2)C(C)CN1. The Morgan fingerprint density at radius 1 is 1.21 bits per heavy atom. The van der Waals surface area contributed by atoms with E-state index in [1.54, 1.807) is 6.20 Å². The van der Waals surface area contributed by atoms with E-state index < -0.39 is 0 Å². The van der Waals surface area contributed by atoms with E-state index in [0.29, 0.717) is 17.6 Å². The monoisotopic (exact) mass is 379 g/mol. The zero-order valence-corrected chi connectivity index (χ0v) is 16.9. The molecule has 6 nitrogen and oxygen atoms in total. The topological polar surface area (TPSA) is 64.4 Å². The summed E-state index contributed by atoms with van der Waals surface area (Å²) in [7, 11) is 0. The molecule has 0 aliphatic carbocycles. The molecule has 2 saturated heterocycles. The average Bonchev–Trinajstić information content (AvgIpc) is 2.69. The maximum absolute atomic E-state index is 9.42. The van der Waals surface area contributed by atoms with Crippen molar-refractivity contribution >= 4 is 16.6 Å². The van der Waals surface area contributed by atoms with Gasteiger partial charge >= 0.3 is 0 Å². The number of anilines is 1. The van der Waals surface area contributed by atoms with Gasteiger partial charge in [0.05, 0.1) is 23.3 Å². The molecule has 2 aliphatic rings. The third-order valence-electron chi connectivity index (χ3n) is 5.87. The zero-order valence-electron chi connectivity index (χ0n) is 16.9. The van der Waals surface area contributed by atoms with Crippen molar-refractivity contribution in [3.05, 3.63) is 36.0 Å². The lowest BCUT2D eigenvalue weighted by molar-refractivity contribution is -0.0415. The normalized spacial score (nSPS) is 29.0. The van der Waals surface area contributed by atoms with Crippen molar-refractivity contribution in [3.8, 4) is 6.07 Å². The summed E-state index contributed by atoms with van der Waals surface area (Å²) in [6.45, 7) is 11.4. The summed E-state index contributed by atoms with van der Waals surface area (Å²) >= 11 is 0. The van der Waals surface area contributed by atoms with Gasteiger partial charge in [0.2, 0.25) is 0 Å². The van der Waals surface area contributed by atoms with Crippen LogP contribution in [0.4, 0.5) is 5.69 Å². The molecule has 0 radical (unpaired) electrons. The summed E-state index contributed by atoms with van der Waals surface area (Å²) in [6.07, 6.45) is 2.08. The number of ether oxygens (including phenoxy) is 1. The van der Waals surface area contributed by atoms with Crippen molar-refractivity contribution < 1.29 is 4.74 Å². The van der Waals surface area contributed by atoms with Crippen LogP contribution in [0.1, 0.15) is 26.3 Å². The summed E-state index contributed by atoms with van der Waals surface area (Å²) < 4.78 is 6.31. The Balaban J connectivity index is 1.57. The number of benzene rings is 1. The lowest BCUT2D eigenvalue weighted by atomic mass is 10.1. The molecule has 3 heterocycles. The van der Waals surface area contributed by atoms with E-state index in [9.17, 15) is 5.26 Å². The molecule has 2 fully saturated rings. The number of rotatable bonds is 3. The summed E-state index contributed by atoms with van der Waals surface area (Å²) in [6, 6.07) is 11.3. The molecule has 2 unspecified atom stereocenters. The van der Waals surface area contributed by atoms with E-state index in [-0.39, 0.29) is 12.2 Å². The third-order valence-corrected chi connectivity index (χ3v) is 5.87. The third kappa shape index (κ3) is 3.83. The van der Waals surface area contributed by atoms with Crippen LogP contribution in [0.2, 0.25) is 0 Å². The highest BCUT2D eigenvalue weighted by Gasteiger charge is 2.31. The number of pyridine rings is 1. The number of aromatic nitrogens is 1. The standard InChI is InChI=1S/C22H29N5O/c1-15-11-26(16(2)10-25-15)13-19-14-27(12-17(3)28-19)21-7-6-18(9-23)22-20(21)5-4-8-24-22/h4-8,15-17,19,25H,10-14H2,1-3H3/t15?,16?,17-,19-/m1/s1. The number of hydrogen-bond donors (Lipinski definition) is 1. The Kier molecular flexibility index (Phi) is 5.49.